The predicted molar refractivity (Wildman–Crippen MR) is 72.0 cm³/mol. The molecule has 0 saturated carbocycles. The molecule has 0 radical (unpaired) electrons. The van der Waals surface area contributed by atoms with Gasteiger partial charge in [0.05, 0.1) is 16.5 Å². The van der Waals surface area contributed by atoms with Crippen molar-refractivity contribution in [2.24, 2.45) is 0 Å². The number of rotatable bonds is 4. The number of carboxylic acid groups (broad SMARTS) is 1. The van der Waals surface area contributed by atoms with Gasteiger partial charge in [-0.15, -0.1) is 0 Å². The Hall–Kier alpha value is -2.15. The fraction of sp³-hybridized carbons (Fsp3) is 0.231. The molecule has 1 aromatic carbocycles. The SMILES string of the molecule is Cc1ccc(S(=O)(=O)n2cnc(C(C)C(=O)O)c2)cc1. The van der Waals surface area contributed by atoms with E-state index in [0.29, 0.717) is 0 Å². The van der Waals surface area contributed by atoms with Crippen molar-refractivity contribution in [2.75, 3.05) is 0 Å². The van der Waals surface area contributed by atoms with Crippen LogP contribution in [-0.2, 0) is 14.8 Å². The van der Waals surface area contributed by atoms with Crippen LogP contribution in [0.15, 0.2) is 41.7 Å². The number of carbonyl (C=O) groups is 1. The lowest BCUT2D eigenvalue weighted by Gasteiger charge is -2.05. The molecule has 0 fully saturated rings. The van der Waals surface area contributed by atoms with Crippen LogP contribution < -0.4 is 0 Å². The molecule has 6 nitrogen and oxygen atoms in total. The van der Waals surface area contributed by atoms with Crippen molar-refractivity contribution in [3.63, 3.8) is 0 Å². The topological polar surface area (TPSA) is 89.3 Å². The van der Waals surface area contributed by atoms with Crippen LogP contribution in [0.5, 0.6) is 0 Å². The monoisotopic (exact) mass is 294 g/mol. The summed E-state index contributed by atoms with van der Waals surface area (Å²) in [5.74, 6) is -1.91. The molecule has 7 heteroatoms. The molecule has 0 aliphatic heterocycles. The van der Waals surface area contributed by atoms with Gasteiger partial charge in [0.25, 0.3) is 10.0 Å². The molecule has 20 heavy (non-hydrogen) atoms. The lowest BCUT2D eigenvalue weighted by molar-refractivity contribution is -0.138. The van der Waals surface area contributed by atoms with Gasteiger partial charge in [0.15, 0.2) is 0 Å². The second-order valence-corrected chi connectivity index (χ2v) is 6.35. The van der Waals surface area contributed by atoms with Crippen LogP contribution in [0.25, 0.3) is 0 Å². The normalized spacial score (nSPS) is 13.1. The van der Waals surface area contributed by atoms with E-state index in [1.165, 1.54) is 25.3 Å². The Balaban J connectivity index is 2.40. The largest absolute Gasteiger partial charge is 0.481 e. The zero-order valence-corrected chi connectivity index (χ0v) is 11.8. The van der Waals surface area contributed by atoms with Gasteiger partial charge in [-0.05, 0) is 26.0 Å². The highest BCUT2D eigenvalue weighted by atomic mass is 32.2. The second kappa shape index (κ2) is 5.09. The van der Waals surface area contributed by atoms with E-state index < -0.39 is 21.9 Å². The first-order valence-corrected chi connectivity index (χ1v) is 7.35. The van der Waals surface area contributed by atoms with Crippen LogP contribution in [0.4, 0.5) is 0 Å². The standard InChI is InChI=1S/C13H14N2O4S/c1-9-3-5-11(6-4-9)20(18,19)15-7-12(14-8-15)10(2)13(16)17/h3-8,10H,1-2H3,(H,16,17). The lowest BCUT2D eigenvalue weighted by atomic mass is 10.1. The van der Waals surface area contributed by atoms with Gasteiger partial charge in [-0.2, -0.15) is 0 Å². The van der Waals surface area contributed by atoms with Crippen molar-refractivity contribution in [3.8, 4) is 0 Å². The summed E-state index contributed by atoms with van der Waals surface area (Å²) in [5, 5.41) is 8.90. The van der Waals surface area contributed by atoms with Gasteiger partial charge in [0.1, 0.15) is 6.33 Å². The molecule has 1 heterocycles. The third kappa shape index (κ3) is 2.57. The first-order valence-electron chi connectivity index (χ1n) is 5.91. The number of hydrogen-bond acceptors (Lipinski definition) is 4. The second-order valence-electron chi connectivity index (χ2n) is 4.51. The van der Waals surface area contributed by atoms with E-state index in [1.54, 1.807) is 12.1 Å². The zero-order valence-electron chi connectivity index (χ0n) is 11.0. The molecule has 0 amide bonds. The Kier molecular flexibility index (Phi) is 3.63. The van der Waals surface area contributed by atoms with Gasteiger partial charge in [-0.3, -0.25) is 4.79 Å². The molecule has 2 rings (SSSR count). The molecule has 0 aliphatic carbocycles. The highest BCUT2D eigenvalue weighted by Gasteiger charge is 2.21. The Bertz CT molecular complexity index is 732. The van der Waals surface area contributed by atoms with Crippen molar-refractivity contribution in [1.29, 1.82) is 0 Å². The third-order valence-electron chi connectivity index (χ3n) is 2.99. The number of imidazole rings is 1. The van der Waals surface area contributed by atoms with Crippen LogP contribution in [-0.4, -0.2) is 28.5 Å². The van der Waals surface area contributed by atoms with Gasteiger partial charge in [-0.1, -0.05) is 17.7 Å². The summed E-state index contributed by atoms with van der Waals surface area (Å²) in [6.07, 6.45) is 2.35. The van der Waals surface area contributed by atoms with Gasteiger partial charge < -0.3 is 5.11 Å². The lowest BCUT2D eigenvalue weighted by Crippen LogP contribution is -2.11. The Morgan fingerprint density at radius 3 is 2.45 bits per heavy atom. The molecule has 1 atom stereocenters. The molecule has 1 unspecified atom stereocenters. The molecule has 0 saturated heterocycles. The average molecular weight is 294 g/mol. The van der Waals surface area contributed by atoms with Gasteiger partial charge in [-0.25, -0.2) is 17.4 Å². The highest BCUT2D eigenvalue weighted by Crippen LogP contribution is 2.18. The van der Waals surface area contributed by atoms with E-state index in [1.807, 2.05) is 6.92 Å². The number of benzene rings is 1. The minimum Gasteiger partial charge on any atom is -0.481 e. The first kappa shape index (κ1) is 14.3. The van der Waals surface area contributed by atoms with Gasteiger partial charge in [0.2, 0.25) is 0 Å². The van der Waals surface area contributed by atoms with Crippen molar-refractivity contribution >= 4 is 16.0 Å². The number of nitrogens with zero attached hydrogens (tertiary/aromatic N) is 2. The average Bonchev–Trinajstić information content (AvgIpc) is 2.88. The van der Waals surface area contributed by atoms with Crippen molar-refractivity contribution in [3.05, 3.63) is 48.0 Å². The summed E-state index contributed by atoms with van der Waals surface area (Å²) in [5.41, 5.74) is 1.16. The Morgan fingerprint density at radius 1 is 1.30 bits per heavy atom. The minimum atomic E-state index is -3.73. The summed E-state index contributed by atoms with van der Waals surface area (Å²) >= 11 is 0. The van der Waals surface area contributed by atoms with Crippen molar-refractivity contribution < 1.29 is 18.3 Å². The molecule has 0 aliphatic rings. The summed E-state index contributed by atoms with van der Waals surface area (Å²) < 4.78 is 25.6. The van der Waals surface area contributed by atoms with E-state index in [4.69, 9.17) is 5.11 Å². The molecular formula is C13H14N2O4S. The van der Waals surface area contributed by atoms with Crippen molar-refractivity contribution in [1.82, 2.24) is 8.96 Å². The zero-order chi connectivity index (χ0) is 14.9. The number of aromatic nitrogens is 2. The molecule has 106 valence electrons. The summed E-state index contributed by atoms with van der Waals surface area (Å²) in [4.78, 5) is 14.9. The quantitative estimate of drug-likeness (QED) is 0.925. The van der Waals surface area contributed by atoms with Crippen LogP contribution in [0.3, 0.4) is 0 Å². The first-order chi connectivity index (χ1) is 9.32. The maximum Gasteiger partial charge on any atom is 0.312 e. The fourth-order valence-electron chi connectivity index (χ4n) is 1.63. The molecular weight excluding hydrogens is 280 g/mol. The summed E-state index contributed by atoms with van der Waals surface area (Å²) in [6, 6.07) is 6.41. The Morgan fingerprint density at radius 2 is 1.90 bits per heavy atom. The van der Waals surface area contributed by atoms with E-state index in [9.17, 15) is 13.2 Å². The minimum absolute atomic E-state index is 0.134. The highest BCUT2D eigenvalue weighted by molar-refractivity contribution is 7.90. The fourth-order valence-corrected chi connectivity index (χ4v) is 2.78. The predicted octanol–water partition coefficient (Wildman–Crippen LogP) is 1.62. The van der Waals surface area contributed by atoms with E-state index in [0.717, 1.165) is 15.9 Å². The van der Waals surface area contributed by atoms with Crippen molar-refractivity contribution in [2.45, 2.75) is 24.7 Å². The molecule has 1 N–H and O–H groups in total. The smallest absolute Gasteiger partial charge is 0.312 e. The molecule has 2 aromatic rings. The Labute approximate surface area is 116 Å². The third-order valence-corrected chi connectivity index (χ3v) is 4.61. The van der Waals surface area contributed by atoms with Gasteiger partial charge >= 0.3 is 5.97 Å². The van der Waals surface area contributed by atoms with Crippen LogP contribution in [0.2, 0.25) is 0 Å². The van der Waals surface area contributed by atoms with Gasteiger partial charge in [0, 0.05) is 6.20 Å². The summed E-state index contributed by atoms with van der Waals surface area (Å²) in [7, 11) is -3.73. The number of aliphatic carboxylic acids is 1. The number of hydrogen-bond donors (Lipinski definition) is 1. The van der Waals surface area contributed by atoms with Crippen LogP contribution >= 0.6 is 0 Å². The number of carboxylic acids is 1. The summed E-state index contributed by atoms with van der Waals surface area (Å²) in [6.45, 7) is 3.31. The molecule has 1 aromatic heterocycles. The van der Waals surface area contributed by atoms with Crippen LogP contribution in [0.1, 0.15) is 24.1 Å². The van der Waals surface area contributed by atoms with E-state index in [-0.39, 0.29) is 10.6 Å². The maximum absolute atomic E-state index is 12.3. The van der Waals surface area contributed by atoms with Crippen LogP contribution in [0, 0.1) is 6.92 Å². The molecule has 0 bridgehead atoms. The van der Waals surface area contributed by atoms with E-state index in [2.05, 4.69) is 4.98 Å². The maximum atomic E-state index is 12.3. The van der Waals surface area contributed by atoms with E-state index >= 15 is 0 Å². The molecule has 0 spiro atoms. The number of aryl methyl sites for hydroxylation is 1.